The topological polar surface area (TPSA) is 87.1 Å². The van der Waals surface area contributed by atoms with Gasteiger partial charge in [0.25, 0.3) is 11.7 Å². The number of Topliss-reactive ketones (excluding diaryl/α,β-unsaturated/α-hetero) is 1. The number of carbonyl (C=O) groups is 2. The summed E-state index contributed by atoms with van der Waals surface area (Å²) < 4.78 is 5.21. The number of hydrogen-bond acceptors (Lipinski definition) is 6. The van der Waals surface area contributed by atoms with Gasteiger partial charge in [-0.15, -0.1) is 11.3 Å². The average Bonchev–Trinajstić information content (AvgIpc) is 3.29. The summed E-state index contributed by atoms with van der Waals surface area (Å²) in [5, 5.41) is 23.7. The van der Waals surface area contributed by atoms with E-state index in [2.05, 4.69) is 0 Å². The van der Waals surface area contributed by atoms with E-state index < -0.39 is 17.7 Å². The molecular weight excluding hydrogens is 438 g/mol. The Morgan fingerprint density at radius 2 is 1.90 bits per heavy atom. The standard InChI is InChI=1S/C23H18ClNO5S/c1-12-9-10-31-22(12)19-18(20(27)13-7-8-14(24)17(11-13)30-2)21(28)23(29)25(19)15-5-3-4-6-16(15)26/h3-11,19,26-27H,1-2H3/b20-18-. The first kappa shape index (κ1) is 21.0. The van der Waals surface area contributed by atoms with Gasteiger partial charge in [-0.1, -0.05) is 23.7 Å². The van der Waals surface area contributed by atoms with Gasteiger partial charge in [-0.25, -0.2) is 0 Å². The first-order valence-corrected chi connectivity index (χ1v) is 10.6. The van der Waals surface area contributed by atoms with Crippen molar-refractivity contribution in [3.63, 3.8) is 0 Å². The molecule has 0 saturated carbocycles. The Morgan fingerprint density at radius 3 is 2.55 bits per heavy atom. The van der Waals surface area contributed by atoms with Crippen molar-refractivity contribution in [1.29, 1.82) is 0 Å². The lowest BCUT2D eigenvalue weighted by Gasteiger charge is -2.25. The minimum absolute atomic E-state index is 0.0665. The van der Waals surface area contributed by atoms with Gasteiger partial charge in [0, 0.05) is 10.4 Å². The third-order valence-electron chi connectivity index (χ3n) is 5.16. The second-order valence-corrected chi connectivity index (χ2v) is 8.33. The van der Waals surface area contributed by atoms with Crippen molar-refractivity contribution in [2.45, 2.75) is 13.0 Å². The number of carbonyl (C=O) groups excluding carboxylic acids is 2. The number of para-hydroxylation sites is 2. The molecule has 6 nitrogen and oxygen atoms in total. The van der Waals surface area contributed by atoms with Crippen LogP contribution >= 0.6 is 22.9 Å². The van der Waals surface area contributed by atoms with Gasteiger partial charge in [-0.3, -0.25) is 14.5 Å². The van der Waals surface area contributed by atoms with Gasteiger partial charge in [-0.2, -0.15) is 0 Å². The number of aliphatic hydroxyl groups excluding tert-OH is 1. The summed E-state index contributed by atoms with van der Waals surface area (Å²) >= 11 is 7.45. The van der Waals surface area contributed by atoms with Gasteiger partial charge in [0.15, 0.2) is 0 Å². The largest absolute Gasteiger partial charge is 0.507 e. The van der Waals surface area contributed by atoms with Crippen molar-refractivity contribution in [2.24, 2.45) is 0 Å². The van der Waals surface area contributed by atoms with Gasteiger partial charge in [0.1, 0.15) is 23.3 Å². The third kappa shape index (κ3) is 3.45. The van der Waals surface area contributed by atoms with Crippen LogP contribution in [0.3, 0.4) is 0 Å². The van der Waals surface area contributed by atoms with E-state index >= 15 is 0 Å². The van der Waals surface area contributed by atoms with E-state index in [1.807, 2.05) is 18.4 Å². The van der Waals surface area contributed by atoms with Crippen molar-refractivity contribution in [3.8, 4) is 11.5 Å². The van der Waals surface area contributed by atoms with Crippen LogP contribution in [-0.2, 0) is 9.59 Å². The number of aryl methyl sites for hydroxylation is 1. The third-order valence-corrected chi connectivity index (χ3v) is 6.54. The Kier molecular flexibility index (Phi) is 5.47. The van der Waals surface area contributed by atoms with E-state index in [4.69, 9.17) is 16.3 Å². The molecule has 0 aliphatic carbocycles. The van der Waals surface area contributed by atoms with E-state index in [9.17, 15) is 19.8 Å². The first-order chi connectivity index (χ1) is 14.8. The number of nitrogens with zero attached hydrogens (tertiary/aromatic N) is 1. The predicted molar refractivity (Wildman–Crippen MR) is 120 cm³/mol. The number of hydrogen-bond donors (Lipinski definition) is 2. The van der Waals surface area contributed by atoms with Crippen molar-refractivity contribution < 1.29 is 24.5 Å². The minimum atomic E-state index is -0.894. The average molecular weight is 456 g/mol. The highest BCUT2D eigenvalue weighted by Gasteiger charge is 2.48. The van der Waals surface area contributed by atoms with Crippen molar-refractivity contribution in [1.82, 2.24) is 0 Å². The van der Waals surface area contributed by atoms with Crippen LogP contribution in [0.5, 0.6) is 11.5 Å². The van der Waals surface area contributed by atoms with Gasteiger partial charge in [0.05, 0.1) is 23.4 Å². The molecule has 2 N–H and O–H groups in total. The fourth-order valence-corrected chi connectivity index (χ4v) is 4.84. The number of halogens is 1. The lowest BCUT2D eigenvalue weighted by Crippen LogP contribution is -2.29. The van der Waals surface area contributed by atoms with Gasteiger partial charge in [-0.05, 0) is 54.3 Å². The molecule has 8 heteroatoms. The number of phenolic OH excluding ortho intramolecular Hbond substituents is 1. The number of phenols is 1. The number of amides is 1. The number of aliphatic hydroxyl groups is 1. The molecule has 1 amide bonds. The minimum Gasteiger partial charge on any atom is -0.507 e. The molecule has 31 heavy (non-hydrogen) atoms. The van der Waals surface area contributed by atoms with E-state index in [1.165, 1.54) is 35.5 Å². The molecule has 0 bridgehead atoms. The summed E-state index contributed by atoms with van der Waals surface area (Å²) in [6.45, 7) is 1.86. The Balaban J connectivity index is 1.97. The summed E-state index contributed by atoms with van der Waals surface area (Å²) in [5.41, 5.74) is 1.27. The maximum Gasteiger partial charge on any atom is 0.300 e. The molecule has 158 valence electrons. The molecule has 0 spiro atoms. The smallest absolute Gasteiger partial charge is 0.300 e. The van der Waals surface area contributed by atoms with Crippen LogP contribution < -0.4 is 9.64 Å². The molecule has 1 aliphatic rings. The van der Waals surface area contributed by atoms with Crippen LogP contribution in [0.25, 0.3) is 5.76 Å². The summed E-state index contributed by atoms with van der Waals surface area (Å²) in [6, 6.07) is 11.9. The Labute approximate surface area is 187 Å². The molecule has 1 aromatic heterocycles. The maximum absolute atomic E-state index is 13.1. The van der Waals surface area contributed by atoms with Gasteiger partial charge in [0.2, 0.25) is 0 Å². The van der Waals surface area contributed by atoms with Crippen molar-refractivity contribution in [2.75, 3.05) is 12.0 Å². The number of anilines is 1. The number of methoxy groups -OCH3 is 1. The van der Waals surface area contributed by atoms with E-state index in [0.717, 1.165) is 5.56 Å². The lowest BCUT2D eigenvalue weighted by atomic mass is 9.98. The number of benzene rings is 2. The normalized spacial score (nSPS) is 17.9. The molecule has 1 fully saturated rings. The van der Waals surface area contributed by atoms with Crippen molar-refractivity contribution in [3.05, 3.63) is 80.5 Å². The first-order valence-electron chi connectivity index (χ1n) is 9.32. The summed E-state index contributed by atoms with van der Waals surface area (Å²) in [5.74, 6) is -1.83. The molecular formula is C23H18ClNO5S. The maximum atomic E-state index is 13.1. The van der Waals surface area contributed by atoms with E-state index in [-0.39, 0.29) is 28.3 Å². The van der Waals surface area contributed by atoms with E-state index in [0.29, 0.717) is 15.6 Å². The second kappa shape index (κ2) is 8.09. The van der Waals surface area contributed by atoms with Gasteiger partial charge < -0.3 is 14.9 Å². The number of ketones is 1. The Morgan fingerprint density at radius 1 is 1.16 bits per heavy atom. The van der Waals surface area contributed by atoms with Crippen LogP contribution in [0.15, 0.2) is 59.5 Å². The highest BCUT2D eigenvalue weighted by molar-refractivity contribution is 7.10. The zero-order valence-electron chi connectivity index (χ0n) is 16.6. The predicted octanol–water partition coefficient (Wildman–Crippen LogP) is 5.05. The van der Waals surface area contributed by atoms with Crippen molar-refractivity contribution >= 4 is 46.1 Å². The molecule has 0 radical (unpaired) electrons. The zero-order chi connectivity index (χ0) is 22.3. The second-order valence-electron chi connectivity index (χ2n) is 6.98. The fourth-order valence-electron chi connectivity index (χ4n) is 3.62. The monoisotopic (exact) mass is 455 g/mol. The summed E-state index contributed by atoms with van der Waals surface area (Å²) in [7, 11) is 1.44. The van der Waals surface area contributed by atoms with Crippen LogP contribution in [0, 0.1) is 6.92 Å². The molecule has 3 aromatic rings. The molecule has 1 atom stereocenters. The molecule has 4 rings (SSSR count). The van der Waals surface area contributed by atoms with Crippen LogP contribution in [0.2, 0.25) is 5.02 Å². The zero-order valence-corrected chi connectivity index (χ0v) is 18.2. The van der Waals surface area contributed by atoms with E-state index in [1.54, 1.807) is 30.3 Å². The number of thiophene rings is 1. The molecule has 2 heterocycles. The van der Waals surface area contributed by atoms with Crippen LogP contribution in [0.1, 0.15) is 22.0 Å². The number of ether oxygens (including phenoxy) is 1. The lowest BCUT2D eigenvalue weighted by molar-refractivity contribution is -0.132. The summed E-state index contributed by atoms with van der Waals surface area (Å²) in [4.78, 5) is 28.1. The SMILES string of the molecule is COc1cc(/C(O)=C2/C(=O)C(=O)N(c3ccccc3O)C2c2sccc2C)ccc1Cl. The fraction of sp³-hybridized carbons (Fsp3) is 0.130. The van der Waals surface area contributed by atoms with Crippen LogP contribution in [-0.4, -0.2) is 29.0 Å². The number of aromatic hydroxyl groups is 1. The number of rotatable bonds is 4. The highest BCUT2D eigenvalue weighted by atomic mass is 35.5. The van der Waals surface area contributed by atoms with Gasteiger partial charge >= 0.3 is 0 Å². The van der Waals surface area contributed by atoms with Crippen LogP contribution in [0.4, 0.5) is 5.69 Å². The Hall–Kier alpha value is -3.29. The quantitative estimate of drug-likeness (QED) is 0.326. The molecule has 1 aliphatic heterocycles. The molecule has 1 saturated heterocycles. The Bertz CT molecular complexity index is 1230. The molecule has 1 unspecified atom stereocenters. The molecule has 2 aromatic carbocycles. The summed E-state index contributed by atoms with van der Waals surface area (Å²) in [6.07, 6.45) is 0. The highest BCUT2D eigenvalue weighted by Crippen LogP contribution is 2.47.